The van der Waals surface area contributed by atoms with Gasteiger partial charge < -0.3 is 15.2 Å². The summed E-state index contributed by atoms with van der Waals surface area (Å²) in [5.74, 6) is -0.971. The fraction of sp³-hybridized carbons (Fsp3) is 0.250. The van der Waals surface area contributed by atoms with Crippen molar-refractivity contribution in [3.8, 4) is 0 Å². The topological polar surface area (TPSA) is 73.3 Å². The van der Waals surface area contributed by atoms with E-state index in [9.17, 15) is 4.79 Å². The molecule has 0 fully saturated rings. The van der Waals surface area contributed by atoms with Gasteiger partial charge in [0.25, 0.3) is 0 Å². The van der Waals surface area contributed by atoms with Crippen LogP contribution in [0.25, 0.3) is 10.9 Å². The number of hydrogen-bond acceptors (Lipinski definition) is 2. The van der Waals surface area contributed by atoms with Crippen LogP contribution in [-0.4, -0.2) is 27.8 Å². The van der Waals surface area contributed by atoms with Crippen molar-refractivity contribution in [2.45, 2.75) is 12.8 Å². The fourth-order valence-electron chi connectivity index (χ4n) is 1.94. The lowest BCUT2D eigenvalue weighted by Crippen LogP contribution is -2.02. The van der Waals surface area contributed by atoms with E-state index in [-0.39, 0.29) is 12.3 Å². The lowest BCUT2D eigenvalue weighted by molar-refractivity contribution is 0.0690. The first-order valence-corrected chi connectivity index (χ1v) is 6.07. The van der Waals surface area contributed by atoms with Crippen molar-refractivity contribution in [2.24, 2.45) is 0 Å². The highest BCUT2D eigenvalue weighted by molar-refractivity contribution is 9.10. The molecule has 17 heavy (non-hydrogen) atoms. The first-order chi connectivity index (χ1) is 8.15. The molecule has 0 spiro atoms. The number of aliphatic hydroxyl groups excluding tert-OH is 1. The summed E-state index contributed by atoms with van der Waals surface area (Å²) in [5.41, 5.74) is 1.75. The summed E-state index contributed by atoms with van der Waals surface area (Å²) in [6.45, 7) is 0.0553. The molecule has 0 aliphatic rings. The molecule has 90 valence electrons. The van der Waals surface area contributed by atoms with Crippen molar-refractivity contribution in [2.75, 3.05) is 6.61 Å². The second-order valence-corrected chi connectivity index (χ2v) is 4.63. The number of benzene rings is 1. The Hall–Kier alpha value is -1.33. The number of aromatic carboxylic acids is 1. The minimum Gasteiger partial charge on any atom is -0.477 e. The van der Waals surface area contributed by atoms with Crippen LogP contribution in [0.1, 0.15) is 22.5 Å². The molecule has 0 bridgehead atoms. The van der Waals surface area contributed by atoms with E-state index >= 15 is 0 Å². The van der Waals surface area contributed by atoms with Crippen LogP contribution < -0.4 is 0 Å². The van der Waals surface area contributed by atoms with E-state index in [2.05, 4.69) is 20.9 Å². The van der Waals surface area contributed by atoms with Gasteiger partial charge in [-0.15, -0.1) is 0 Å². The van der Waals surface area contributed by atoms with E-state index in [4.69, 9.17) is 10.2 Å². The Bertz CT molecular complexity index is 562. The van der Waals surface area contributed by atoms with E-state index in [0.717, 1.165) is 20.9 Å². The Morgan fingerprint density at radius 2 is 2.18 bits per heavy atom. The molecule has 0 saturated heterocycles. The first-order valence-electron chi connectivity index (χ1n) is 5.28. The Morgan fingerprint density at radius 1 is 1.41 bits per heavy atom. The van der Waals surface area contributed by atoms with Crippen LogP contribution >= 0.6 is 15.9 Å². The van der Waals surface area contributed by atoms with E-state index in [1.165, 1.54) is 0 Å². The zero-order chi connectivity index (χ0) is 12.4. The van der Waals surface area contributed by atoms with Gasteiger partial charge in [0.2, 0.25) is 0 Å². The quantitative estimate of drug-likeness (QED) is 0.812. The number of aromatic amines is 1. The molecule has 0 aliphatic heterocycles. The SMILES string of the molecule is O=C(O)c1[nH]c2c(Br)cccc2c1CCCO. The van der Waals surface area contributed by atoms with Crippen LogP contribution in [0.15, 0.2) is 22.7 Å². The van der Waals surface area contributed by atoms with Crippen molar-refractivity contribution in [1.29, 1.82) is 0 Å². The molecule has 0 unspecified atom stereocenters. The molecule has 1 heterocycles. The predicted molar refractivity (Wildman–Crippen MR) is 68.4 cm³/mol. The highest BCUT2D eigenvalue weighted by atomic mass is 79.9. The summed E-state index contributed by atoms with van der Waals surface area (Å²) in [4.78, 5) is 14.1. The highest BCUT2D eigenvalue weighted by Gasteiger charge is 2.17. The van der Waals surface area contributed by atoms with Gasteiger partial charge >= 0.3 is 5.97 Å². The summed E-state index contributed by atoms with van der Waals surface area (Å²) in [7, 11) is 0. The largest absolute Gasteiger partial charge is 0.477 e. The lowest BCUT2D eigenvalue weighted by Gasteiger charge is -1.99. The zero-order valence-corrected chi connectivity index (χ0v) is 10.6. The first kappa shape index (κ1) is 12.1. The number of halogens is 1. The monoisotopic (exact) mass is 297 g/mol. The van der Waals surface area contributed by atoms with Crippen LogP contribution in [0.4, 0.5) is 0 Å². The maximum atomic E-state index is 11.2. The number of carbonyl (C=O) groups is 1. The molecule has 0 aliphatic carbocycles. The van der Waals surface area contributed by atoms with Gasteiger partial charge in [-0.2, -0.15) is 0 Å². The van der Waals surface area contributed by atoms with Crippen molar-refractivity contribution in [3.63, 3.8) is 0 Å². The number of hydrogen-bond donors (Lipinski definition) is 3. The highest BCUT2D eigenvalue weighted by Crippen LogP contribution is 2.29. The molecule has 0 radical (unpaired) electrons. The van der Waals surface area contributed by atoms with Crippen molar-refractivity contribution in [3.05, 3.63) is 33.9 Å². The number of aryl methyl sites for hydroxylation is 1. The molecule has 2 aromatic rings. The second-order valence-electron chi connectivity index (χ2n) is 3.77. The smallest absolute Gasteiger partial charge is 0.352 e. The number of nitrogens with one attached hydrogen (secondary N) is 1. The molecule has 1 aromatic heterocycles. The number of carboxylic acids is 1. The molecule has 0 saturated carbocycles. The van der Waals surface area contributed by atoms with Gasteiger partial charge in [-0.25, -0.2) is 4.79 Å². The Kier molecular flexibility index (Phi) is 3.49. The zero-order valence-electron chi connectivity index (χ0n) is 9.03. The van der Waals surface area contributed by atoms with Gasteiger partial charge in [0.15, 0.2) is 0 Å². The summed E-state index contributed by atoms with van der Waals surface area (Å²) < 4.78 is 0.841. The van der Waals surface area contributed by atoms with E-state index in [1.54, 1.807) is 0 Å². The third-order valence-electron chi connectivity index (χ3n) is 2.69. The third kappa shape index (κ3) is 2.21. The molecule has 0 atom stereocenters. The average Bonchev–Trinajstić information content (AvgIpc) is 2.67. The molecule has 5 heteroatoms. The van der Waals surface area contributed by atoms with Crippen LogP contribution in [0.5, 0.6) is 0 Å². The Labute approximate surface area is 106 Å². The molecule has 0 amide bonds. The van der Waals surface area contributed by atoms with Gasteiger partial charge in [0.05, 0.1) is 5.52 Å². The molecule has 2 rings (SSSR count). The van der Waals surface area contributed by atoms with E-state index in [0.29, 0.717) is 12.8 Å². The van der Waals surface area contributed by atoms with Gasteiger partial charge in [-0.1, -0.05) is 12.1 Å². The van der Waals surface area contributed by atoms with Gasteiger partial charge in [0.1, 0.15) is 5.69 Å². The van der Waals surface area contributed by atoms with Crippen LogP contribution in [-0.2, 0) is 6.42 Å². The minimum absolute atomic E-state index is 0.0553. The summed E-state index contributed by atoms with van der Waals surface area (Å²) >= 11 is 3.39. The number of aliphatic hydroxyl groups is 1. The minimum atomic E-state index is -0.971. The summed E-state index contributed by atoms with van der Waals surface area (Å²) in [6, 6.07) is 5.62. The number of rotatable bonds is 4. The van der Waals surface area contributed by atoms with Crippen molar-refractivity contribution >= 4 is 32.8 Å². The predicted octanol–water partition coefficient (Wildman–Crippen LogP) is 2.55. The molecule has 4 nitrogen and oxygen atoms in total. The maximum absolute atomic E-state index is 11.2. The van der Waals surface area contributed by atoms with Crippen molar-refractivity contribution < 1.29 is 15.0 Å². The van der Waals surface area contributed by atoms with Gasteiger partial charge in [0, 0.05) is 16.5 Å². The summed E-state index contributed by atoms with van der Waals surface area (Å²) in [6.07, 6.45) is 1.11. The van der Waals surface area contributed by atoms with Crippen LogP contribution in [0, 0.1) is 0 Å². The molecule has 1 aromatic carbocycles. The number of para-hydroxylation sites is 1. The third-order valence-corrected chi connectivity index (χ3v) is 3.35. The fourth-order valence-corrected chi connectivity index (χ4v) is 2.40. The maximum Gasteiger partial charge on any atom is 0.352 e. The number of aromatic nitrogens is 1. The Morgan fingerprint density at radius 3 is 2.82 bits per heavy atom. The van der Waals surface area contributed by atoms with E-state index in [1.807, 2.05) is 18.2 Å². The molecular formula is C12H12BrNO3. The van der Waals surface area contributed by atoms with Gasteiger partial charge in [-0.3, -0.25) is 0 Å². The van der Waals surface area contributed by atoms with Crippen LogP contribution in [0.3, 0.4) is 0 Å². The molecule has 3 N–H and O–H groups in total. The average molecular weight is 298 g/mol. The number of carboxylic acid groups (broad SMARTS) is 1. The second kappa shape index (κ2) is 4.89. The summed E-state index contributed by atoms with van der Waals surface area (Å²) in [5, 5.41) is 18.9. The number of fused-ring (bicyclic) bond motifs is 1. The van der Waals surface area contributed by atoms with Gasteiger partial charge in [-0.05, 0) is 40.4 Å². The van der Waals surface area contributed by atoms with Crippen LogP contribution in [0.2, 0.25) is 0 Å². The van der Waals surface area contributed by atoms with Crippen molar-refractivity contribution in [1.82, 2.24) is 4.98 Å². The Balaban J connectivity index is 2.63. The van der Waals surface area contributed by atoms with E-state index < -0.39 is 5.97 Å². The molecular weight excluding hydrogens is 286 g/mol. The normalized spacial score (nSPS) is 10.9. The number of H-pyrrole nitrogens is 1. The lowest BCUT2D eigenvalue weighted by atomic mass is 10.1. The standard InChI is InChI=1S/C12H12BrNO3/c13-9-5-1-3-7-8(4-2-6-15)11(12(16)17)14-10(7)9/h1,3,5,14-15H,2,4,6H2,(H,16,17).